The Labute approximate surface area is 170 Å². The highest BCUT2D eigenvalue weighted by Crippen LogP contribution is 2.32. The summed E-state index contributed by atoms with van der Waals surface area (Å²) in [5.41, 5.74) is 5.20. The van der Waals surface area contributed by atoms with E-state index in [1.54, 1.807) is 41.7 Å². The largest absolute Gasteiger partial charge is 0.455 e. The van der Waals surface area contributed by atoms with E-state index in [0.29, 0.717) is 27.1 Å². The Morgan fingerprint density at radius 1 is 1.19 bits per heavy atom. The first-order valence-electron chi connectivity index (χ1n) is 8.60. The van der Waals surface area contributed by atoms with Crippen LogP contribution in [0.1, 0.15) is 39.4 Å². The van der Waals surface area contributed by atoms with Crippen LogP contribution >= 0.6 is 34.5 Å². The van der Waals surface area contributed by atoms with E-state index in [2.05, 4.69) is 10.5 Å². The molecule has 0 spiro atoms. The normalized spacial score (nSPS) is 13.7. The summed E-state index contributed by atoms with van der Waals surface area (Å²) in [6.45, 7) is 0. The second-order valence-corrected chi connectivity index (χ2v) is 8.09. The van der Waals surface area contributed by atoms with Crippen molar-refractivity contribution in [1.82, 2.24) is 5.43 Å². The molecule has 0 radical (unpaired) electrons. The van der Waals surface area contributed by atoms with Gasteiger partial charge in [-0.25, -0.2) is 5.43 Å². The number of carbonyl (C=O) groups is 1. The second-order valence-electron chi connectivity index (χ2n) is 6.28. The number of nitrogens with zero attached hydrogens (tertiary/aromatic N) is 1. The fraction of sp³-hybridized carbons (Fsp3) is 0.200. The summed E-state index contributed by atoms with van der Waals surface area (Å²) in [6, 6.07) is 8.73. The Hall–Kier alpha value is -2.08. The lowest BCUT2D eigenvalue weighted by molar-refractivity contribution is 0.0954. The van der Waals surface area contributed by atoms with Gasteiger partial charge < -0.3 is 4.42 Å². The minimum absolute atomic E-state index is 0.185. The molecular formula is C20H16Cl2N2O2S. The highest BCUT2D eigenvalue weighted by molar-refractivity contribution is 7.10. The van der Waals surface area contributed by atoms with Crippen LogP contribution in [0, 0.1) is 0 Å². The van der Waals surface area contributed by atoms with Crippen molar-refractivity contribution >= 4 is 46.7 Å². The molecule has 0 unspecified atom stereocenters. The molecule has 3 aromatic rings. The number of hydrazone groups is 1. The molecule has 0 saturated heterocycles. The summed E-state index contributed by atoms with van der Waals surface area (Å²) in [4.78, 5) is 13.7. The third-order valence-corrected chi connectivity index (χ3v) is 6.14. The Kier molecular flexibility index (Phi) is 5.34. The number of rotatable bonds is 4. The maximum absolute atomic E-state index is 12.4. The van der Waals surface area contributed by atoms with Gasteiger partial charge in [0.05, 0.1) is 16.8 Å². The van der Waals surface area contributed by atoms with Crippen LogP contribution in [-0.4, -0.2) is 12.1 Å². The zero-order valence-corrected chi connectivity index (χ0v) is 16.6. The number of fused-ring (bicyclic) bond motifs is 1. The average Bonchev–Trinajstić information content (AvgIpc) is 3.30. The molecule has 27 heavy (non-hydrogen) atoms. The van der Waals surface area contributed by atoms with Crippen molar-refractivity contribution in [3.63, 3.8) is 0 Å². The molecule has 0 bridgehead atoms. The standard InChI is InChI=1S/C20H16Cl2N2O2S/c21-12-5-7-17(22)15(9-12)18-8-6-13(26-18)10-23-24-20(25)16-11-27-19-4-2-1-3-14(16)19/h5-11H,1-4H2,(H,24,25). The van der Waals surface area contributed by atoms with Crippen LogP contribution in [0.15, 0.2) is 45.2 Å². The molecule has 0 saturated carbocycles. The molecule has 7 heteroatoms. The summed E-state index contributed by atoms with van der Waals surface area (Å²) >= 11 is 13.9. The summed E-state index contributed by atoms with van der Waals surface area (Å²) in [5, 5.41) is 7.07. The fourth-order valence-electron chi connectivity index (χ4n) is 3.15. The number of halogens is 2. The lowest BCUT2D eigenvalue weighted by Gasteiger charge is -2.11. The number of nitrogens with one attached hydrogen (secondary N) is 1. The first-order valence-corrected chi connectivity index (χ1v) is 10.2. The average molecular weight is 419 g/mol. The Morgan fingerprint density at radius 3 is 2.93 bits per heavy atom. The fourth-order valence-corrected chi connectivity index (χ4v) is 4.66. The Bertz CT molecular complexity index is 1020. The lowest BCUT2D eigenvalue weighted by atomic mass is 9.96. The third kappa shape index (κ3) is 3.95. The maximum Gasteiger partial charge on any atom is 0.272 e. The third-order valence-electron chi connectivity index (χ3n) is 4.48. The molecule has 1 aliphatic carbocycles. The van der Waals surface area contributed by atoms with E-state index in [1.165, 1.54) is 23.1 Å². The number of carbonyl (C=O) groups excluding carboxylic acids is 1. The van der Waals surface area contributed by atoms with Crippen LogP contribution in [-0.2, 0) is 12.8 Å². The Morgan fingerprint density at radius 2 is 2.04 bits per heavy atom. The molecule has 138 valence electrons. The van der Waals surface area contributed by atoms with Gasteiger partial charge in [0.25, 0.3) is 5.91 Å². The van der Waals surface area contributed by atoms with Crippen LogP contribution in [0.3, 0.4) is 0 Å². The summed E-state index contributed by atoms with van der Waals surface area (Å²) in [5.74, 6) is 0.909. The minimum Gasteiger partial charge on any atom is -0.455 e. The molecule has 0 aliphatic heterocycles. The van der Waals surface area contributed by atoms with E-state index in [1.807, 2.05) is 5.38 Å². The molecule has 1 N–H and O–H groups in total. The Balaban J connectivity index is 1.45. The number of thiophene rings is 1. The minimum atomic E-state index is -0.185. The molecular weight excluding hydrogens is 403 g/mol. The van der Waals surface area contributed by atoms with Crippen molar-refractivity contribution in [3.05, 3.63) is 67.5 Å². The lowest BCUT2D eigenvalue weighted by Crippen LogP contribution is -2.19. The van der Waals surface area contributed by atoms with Crippen LogP contribution < -0.4 is 5.43 Å². The zero-order chi connectivity index (χ0) is 18.8. The predicted molar refractivity (Wildman–Crippen MR) is 110 cm³/mol. The van der Waals surface area contributed by atoms with E-state index in [-0.39, 0.29) is 5.91 Å². The van der Waals surface area contributed by atoms with Crippen molar-refractivity contribution in [3.8, 4) is 11.3 Å². The smallest absolute Gasteiger partial charge is 0.272 e. The van der Waals surface area contributed by atoms with Crippen LogP contribution in [0.2, 0.25) is 10.0 Å². The summed E-state index contributed by atoms with van der Waals surface area (Å²) < 4.78 is 5.73. The molecule has 4 rings (SSSR count). The van der Waals surface area contributed by atoms with Crippen LogP contribution in [0.5, 0.6) is 0 Å². The van der Waals surface area contributed by atoms with Crippen molar-refractivity contribution in [2.75, 3.05) is 0 Å². The predicted octanol–water partition coefficient (Wildman–Crippen LogP) is 5.96. The molecule has 1 amide bonds. The van der Waals surface area contributed by atoms with Gasteiger partial charge in [0.2, 0.25) is 0 Å². The van der Waals surface area contributed by atoms with Gasteiger partial charge in [-0.2, -0.15) is 5.10 Å². The zero-order valence-electron chi connectivity index (χ0n) is 14.3. The van der Waals surface area contributed by atoms with Gasteiger partial charge in [-0.3, -0.25) is 4.79 Å². The van der Waals surface area contributed by atoms with Crippen molar-refractivity contribution in [1.29, 1.82) is 0 Å². The highest BCUT2D eigenvalue weighted by Gasteiger charge is 2.19. The molecule has 1 aromatic carbocycles. The second kappa shape index (κ2) is 7.89. The SMILES string of the molecule is O=C(NN=Cc1ccc(-c2cc(Cl)ccc2Cl)o1)c1csc2c1CCCC2. The summed E-state index contributed by atoms with van der Waals surface area (Å²) in [7, 11) is 0. The van der Waals surface area contributed by atoms with Crippen LogP contribution in [0.25, 0.3) is 11.3 Å². The van der Waals surface area contributed by atoms with Gasteiger partial charge in [0, 0.05) is 20.8 Å². The molecule has 1 aliphatic rings. The highest BCUT2D eigenvalue weighted by atomic mass is 35.5. The topological polar surface area (TPSA) is 54.6 Å². The number of amides is 1. The van der Waals surface area contributed by atoms with Crippen molar-refractivity contribution in [2.45, 2.75) is 25.7 Å². The maximum atomic E-state index is 12.4. The summed E-state index contributed by atoms with van der Waals surface area (Å²) in [6.07, 6.45) is 5.84. The first-order chi connectivity index (χ1) is 13.1. The molecule has 0 fully saturated rings. The van der Waals surface area contributed by atoms with E-state index in [9.17, 15) is 4.79 Å². The van der Waals surface area contributed by atoms with Crippen molar-refractivity contribution < 1.29 is 9.21 Å². The molecule has 0 atom stereocenters. The van der Waals surface area contributed by atoms with Gasteiger partial charge in [-0.1, -0.05) is 23.2 Å². The number of hydrogen-bond donors (Lipinski definition) is 1. The number of benzene rings is 1. The van der Waals surface area contributed by atoms with Gasteiger partial charge in [0.1, 0.15) is 11.5 Å². The van der Waals surface area contributed by atoms with Gasteiger partial charge in [-0.05, 0) is 61.6 Å². The monoisotopic (exact) mass is 418 g/mol. The molecule has 2 aromatic heterocycles. The van der Waals surface area contributed by atoms with Gasteiger partial charge >= 0.3 is 0 Å². The van der Waals surface area contributed by atoms with E-state index >= 15 is 0 Å². The molecule has 4 nitrogen and oxygen atoms in total. The van der Waals surface area contributed by atoms with E-state index in [4.69, 9.17) is 27.6 Å². The van der Waals surface area contributed by atoms with Gasteiger partial charge in [-0.15, -0.1) is 11.3 Å². The number of furan rings is 1. The van der Waals surface area contributed by atoms with Crippen LogP contribution in [0.4, 0.5) is 0 Å². The first kappa shape index (κ1) is 18.3. The van der Waals surface area contributed by atoms with Crippen molar-refractivity contribution in [2.24, 2.45) is 5.10 Å². The molecule has 2 heterocycles. The van der Waals surface area contributed by atoms with Gasteiger partial charge in [0.15, 0.2) is 0 Å². The number of hydrogen-bond acceptors (Lipinski definition) is 4. The number of aryl methyl sites for hydroxylation is 1. The quantitative estimate of drug-likeness (QED) is 0.419. The van der Waals surface area contributed by atoms with E-state index < -0.39 is 0 Å². The van der Waals surface area contributed by atoms with E-state index in [0.717, 1.165) is 24.8 Å².